The van der Waals surface area contributed by atoms with Gasteiger partial charge in [0.15, 0.2) is 0 Å². The highest BCUT2D eigenvalue weighted by atomic mass is 35.5. The number of benzene rings is 1. The Hall–Kier alpha value is -1.99. The number of hydrogen-bond acceptors (Lipinski definition) is 3. The smallest absolute Gasteiger partial charge is 0.306 e. The van der Waals surface area contributed by atoms with Crippen LogP contribution >= 0.6 is 11.6 Å². The summed E-state index contributed by atoms with van der Waals surface area (Å²) in [5.74, 6) is 6.71. The van der Waals surface area contributed by atoms with Gasteiger partial charge in [0.2, 0.25) is 5.91 Å². The second-order valence-corrected chi connectivity index (χ2v) is 6.50. The van der Waals surface area contributed by atoms with E-state index in [-0.39, 0.29) is 23.7 Å². The van der Waals surface area contributed by atoms with Gasteiger partial charge in [0, 0.05) is 36.0 Å². The molecule has 2 aliphatic heterocycles. The van der Waals surface area contributed by atoms with Crippen LogP contribution in [0.4, 0.5) is 0 Å². The number of hydrogen-bond donors (Lipinski definition) is 0. The van der Waals surface area contributed by atoms with E-state index >= 15 is 0 Å². The van der Waals surface area contributed by atoms with Crippen molar-refractivity contribution in [3.63, 3.8) is 0 Å². The molecule has 23 heavy (non-hydrogen) atoms. The van der Waals surface area contributed by atoms with Gasteiger partial charge in [0.25, 0.3) is 0 Å². The molecule has 0 aliphatic carbocycles. The summed E-state index contributed by atoms with van der Waals surface area (Å²) in [7, 11) is 0. The number of nitrogens with zero attached hydrogens (tertiary/aromatic N) is 1. The number of esters is 1. The first kappa shape index (κ1) is 15.9. The fourth-order valence-electron chi connectivity index (χ4n) is 2.76. The van der Waals surface area contributed by atoms with Crippen LogP contribution in [0, 0.1) is 23.7 Å². The molecule has 0 saturated carbocycles. The Morgan fingerprint density at radius 3 is 2.91 bits per heavy atom. The van der Waals surface area contributed by atoms with Crippen molar-refractivity contribution >= 4 is 23.5 Å². The quantitative estimate of drug-likeness (QED) is 0.631. The lowest BCUT2D eigenvalue weighted by Gasteiger charge is -2.36. The van der Waals surface area contributed by atoms with E-state index in [0.29, 0.717) is 37.6 Å². The number of carbonyl (C=O) groups is 2. The number of rotatable bonds is 3. The largest absolute Gasteiger partial charge is 0.465 e. The zero-order chi connectivity index (χ0) is 16.2. The maximum atomic E-state index is 12.1. The Labute approximate surface area is 140 Å². The third-order valence-electron chi connectivity index (χ3n) is 4.18. The summed E-state index contributed by atoms with van der Waals surface area (Å²) in [4.78, 5) is 24.9. The third-order valence-corrected chi connectivity index (χ3v) is 4.42. The lowest BCUT2D eigenvalue weighted by molar-refractivity contribution is -0.138. The molecule has 0 radical (unpaired) electrons. The average Bonchev–Trinajstić information content (AvgIpc) is 2.89. The lowest BCUT2D eigenvalue weighted by Crippen LogP contribution is -2.49. The summed E-state index contributed by atoms with van der Waals surface area (Å²) in [5.41, 5.74) is 0.896. The summed E-state index contributed by atoms with van der Waals surface area (Å²) in [6, 6.07) is 7.45. The highest BCUT2D eigenvalue weighted by Gasteiger charge is 2.30. The molecule has 1 aromatic carbocycles. The van der Waals surface area contributed by atoms with E-state index in [2.05, 4.69) is 11.8 Å². The van der Waals surface area contributed by atoms with Crippen molar-refractivity contribution in [3.05, 3.63) is 34.9 Å². The minimum absolute atomic E-state index is 0.144. The normalized spacial score (nSPS) is 20.5. The molecule has 0 N–H and O–H groups in total. The van der Waals surface area contributed by atoms with Crippen molar-refractivity contribution in [1.29, 1.82) is 0 Å². The fourth-order valence-corrected chi connectivity index (χ4v) is 2.95. The number of halogens is 1. The Kier molecular flexibility index (Phi) is 4.88. The molecule has 0 spiro atoms. The van der Waals surface area contributed by atoms with Gasteiger partial charge < -0.3 is 9.64 Å². The number of cyclic esters (lactones) is 1. The average molecular weight is 332 g/mol. The van der Waals surface area contributed by atoms with Crippen LogP contribution in [0.1, 0.15) is 24.8 Å². The third kappa shape index (κ3) is 4.27. The molecule has 0 unspecified atom stereocenters. The van der Waals surface area contributed by atoms with Gasteiger partial charge in [0.05, 0.1) is 18.9 Å². The van der Waals surface area contributed by atoms with Gasteiger partial charge in [-0.15, -0.1) is 0 Å². The van der Waals surface area contributed by atoms with E-state index in [1.54, 1.807) is 0 Å². The van der Waals surface area contributed by atoms with Crippen LogP contribution in [0.15, 0.2) is 24.3 Å². The van der Waals surface area contributed by atoms with Gasteiger partial charge in [-0.3, -0.25) is 9.59 Å². The molecule has 1 atom stereocenters. The summed E-state index contributed by atoms with van der Waals surface area (Å²) in [6.45, 7) is 1.83. The van der Waals surface area contributed by atoms with Gasteiger partial charge in [0.1, 0.15) is 0 Å². The van der Waals surface area contributed by atoms with Crippen LogP contribution < -0.4 is 0 Å². The zero-order valence-corrected chi connectivity index (χ0v) is 13.5. The molecule has 4 nitrogen and oxygen atoms in total. The van der Waals surface area contributed by atoms with E-state index < -0.39 is 0 Å². The number of ether oxygens (including phenoxy) is 1. The molecule has 120 valence electrons. The molecular weight excluding hydrogens is 314 g/mol. The predicted molar refractivity (Wildman–Crippen MR) is 86.7 cm³/mol. The molecule has 0 aromatic heterocycles. The first-order valence-corrected chi connectivity index (χ1v) is 8.18. The first-order valence-electron chi connectivity index (χ1n) is 7.80. The van der Waals surface area contributed by atoms with Crippen molar-refractivity contribution in [2.24, 2.45) is 11.8 Å². The Morgan fingerprint density at radius 2 is 2.22 bits per heavy atom. The van der Waals surface area contributed by atoms with Gasteiger partial charge in [-0.05, 0) is 24.6 Å². The molecule has 5 heteroatoms. The Bertz CT molecular complexity index is 670. The number of carbonyl (C=O) groups excluding carboxylic acids is 2. The molecule has 2 aliphatic rings. The van der Waals surface area contributed by atoms with Crippen molar-refractivity contribution in [1.82, 2.24) is 4.90 Å². The predicted octanol–water partition coefficient (Wildman–Crippen LogP) is 2.49. The molecule has 1 amide bonds. The van der Waals surface area contributed by atoms with Crippen LogP contribution in [-0.2, 0) is 14.3 Å². The van der Waals surface area contributed by atoms with Gasteiger partial charge in [-0.2, -0.15) is 0 Å². The topological polar surface area (TPSA) is 46.6 Å². The lowest BCUT2D eigenvalue weighted by atomic mass is 9.97. The maximum absolute atomic E-state index is 12.1. The highest BCUT2D eigenvalue weighted by Crippen LogP contribution is 2.22. The van der Waals surface area contributed by atoms with Crippen molar-refractivity contribution in [3.8, 4) is 11.8 Å². The summed E-state index contributed by atoms with van der Waals surface area (Å²) in [5, 5.41) is 0.677. The van der Waals surface area contributed by atoms with E-state index in [4.69, 9.17) is 16.3 Å². The minimum Gasteiger partial charge on any atom is -0.465 e. The van der Waals surface area contributed by atoms with E-state index in [1.165, 1.54) is 0 Å². The maximum Gasteiger partial charge on any atom is 0.306 e. The number of likely N-dealkylation sites (tertiary alicyclic amines) is 1. The van der Waals surface area contributed by atoms with Crippen molar-refractivity contribution < 1.29 is 14.3 Å². The van der Waals surface area contributed by atoms with Crippen molar-refractivity contribution in [2.45, 2.75) is 19.3 Å². The van der Waals surface area contributed by atoms with E-state index in [9.17, 15) is 9.59 Å². The first-order chi connectivity index (χ1) is 11.1. The van der Waals surface area contributed by atoms with Crippen LogP contribution in [-0.4, -0.2) is 36.5 Å². The Morgan fingerprint density at radius 1 is 1.39 bits per heavy atom. The van der Waals surface area contributed by atoms with Crippen LogP contribution in [0.25, 0.3) is 0 Å². The molecule has 2 heterocycles. The van der Waals surface area contributed by atoms with Crippen molar-refractivity contribution in [2.75, 3.05) is 19.7 Å². The second-order valence-electron chi connectivity index (χ2n) is 6.07. The van der Waals surface area contributed by atoms with Crippen LogP contribution in [0.5, 0.6) is 0 Å². The van der Waals surface area contributed by atoms with Gasteiger partial charge in [-0.1, -0.05) is 29.5 Å². The number of amides is 1. The zero-order valence-electron chi connectivity index (χ0n) is 12.8. The van der Waals surface area contributed by atoms with Crippen LogP contribution in [0.3, 0.4) is 0 Å². The molecule has 0 bridgehead atoms. The minimum atomic E-state index is -0.150. The second kappa shape index (κ2) is 7.06. The Balaban J connectivity index is 1.40. The van der Waals surface area contributed by atoms with E-state index in [1.807, 2.05) is 29.2 Å². The monoisotopic (exact) mass is 331 g/mol. The SMILES string of the molecule is O=C1C[C@H](CCC(=O)N2CC(C#Cc3cccc(Cl)c3)C2)CO1. The molecule has 3 rings (SSSR count). The molecule has 2 fully saturated rings. The molecule has 2 saturated heterocycles. The summed E-state index contributed by atoms with van der Waals surface area (Å²) in [6.07, 6.45) is 1.65. The van der Waals surface area contributed by atoms with Crippen LogP contribution in [0.2, 0.25) is 5.02 Å². The fraction of sp³-hybridized carbons (Fsp3) is 0.444. The van der Waals surface area contributed by atoms with Gasteiger partial charge >= 0.3 is 5.97 Å². The summed E-state index contributed by atoms with van der Waals surface area (Å²) < 4.78 is 4.91. The highest BCUT2D eigenvalue weighted by molar-refractivity contribution is 6.30. The standard InChI is InChI=1S/C18H18ClNO3/c19-16-3-1-2-13(8-16)4-5-15-10-20(11-15)17(21)7-6-14-9-18(22)23-12-14/h1-3,8,14-15H,6-7,9-12H2/t14-/m0/s1. The van der Waals surface area contributed by atoms with E-state index in [0.717, 1.165) is 12.0 Å². The van der Waals surface area contributed by atoms with Gasteiger partial charge in [-0.25, -0.2) is 0 Å². The molecule has 1 aromatic rings. The summed E-state index contributed by atoms with van der Waals surface area (Å²) >= 11 is 5.92. The molecular formula is C18H18ClNO3.